The quantitative estimate of drug-likeness (QED) is 0.277. The van der Waals surface area contributed by atoms with Crippen molar-refractivity contribution in [3.8, 4) is 0 Å². The summed E-state index contributed by atoms with van der Waals surface area (Å²) in [5.41, 5.74) is -0.840. The molecule has 0 bridgehead atoms. The highest BCUT2D eigenvalue weighted by atomic mass is 16.3. The molecule has 0 aliphatic rings. The van der Waals surface area contributed by atoms with Gasteiger partial charge in [0.2, 0.25) is 0 Å². The van der Waals surface area contributed by atoms with Crippen LogP contribution in [0, 0.1) is 17.3 Å². The molecule has 0 fully saturated rings. The first-order valence-electron chi connectivity index (χ1n) is 9.20. The molecule has 0 amide bonds. The fourth-order valence-corrected chi connectivity index (χ4v) is 3.39. The van der Waals surface area contributed by atoms with Crippen LogP contribution < -0.4 is 0 Å². The van der Waals surface area contributed by atoms with Gasteiger partial charge in [-0.2, -0.15) is 0 Å². The molecule has 0 rings (SSSR count). The predicted octanol–water partition coefficient (Wildman–Crippen LogP) is 1.70. The summed E-state index contributed by atoms with van der Waals surface area (Å²) >= 11 is 0. The highest BCUT2D eigenvalue weighted by molar-refractivity contribution is 4.89. The van der Waals surface area contributed by atoms with Crippen molar-refractivity contribution in [2.75, 3.05) is 33.0 Å². The molecule has 5 nitrogen and oxygen atoms in total. The van der Waals surface area contributed by atoms with E-state index in [4.69, 9.17) is 0 Å². The molecule has 0 saturated heterocycles. The molecule has 1 atom stereocenters. The van der Waals surface area contributed by atoms with Gasteiger partial charge in [0.05, 0.1) is 13.2 Å². The SMILES string of the molecule is CCCCCCCCCCC(CO)(CO)C(CO)C(CO)CO. The standard InChI is InChI=1S/C18H38O5/c1-2-3-4-5-6-7-8-9-10-18(14-22,15-23)17(13-21)16(11-19)12-20/h16-17,19-23H,2-15H2,1H3. The zero-order valence-electron chi connectivity index (χ0n) is 14.8. The number of aliphatic hydroxyl groups excluding tert-OH is 5. The third kappa shape index (κ3) is 7.94. The molecule has 1 unspecified atom stereocenters. The molecule has 0 aliphatic carbocycles. The minimum Gasteiger partial charge on any atom is -0.396 e. The van der Waals surface area contributed by atoms with E-state index in [-0.39, 0.29) is 33.0 Å². The molecule has 5 N–H and O–H groups in total. The molecule has 0 saturated carbocycles. The van der Waals surface area contributed by atoms with E-state index in [0.717, 1.165) is 19.3 Å². The van der Waals surface area contributed by atoms with Crippen molar-refractivity contribution in [3.63, 3.8) is 0 Å². The van der Waals surface area contributed by atoms with Gasteiger partial charge in [0.1, 0.15) is 0 Å². The van der Waals surface area contributed by atoms with Crippen LogP contribution in [0.15, 0.2) is 0 Å². The summed E-state index contributed by atoms with van der Waals surface area (Å²) in [6, 6.07) is 0. The molecule has 0 aromatic carbocycles. The molecule has 140 valence electrons. The molecule has 0 aromatic rings. The zero-order valence-corrected chi connectivity index (χ0v) is 14.8. The Morgan fingerprint density at radius 2 is 1.13 bits per heavy atom. The monoisotopic (exact) mass is 334 g/mol. The minimum atomic E-state index is -0.840. The van der Waals surface area contributed by atoms with Gasteiger partial charge < -0.3 is 25.5 Å². The van der Waals surface area contributed by atoms with Gasteiger partial charge in [-0.3, -0.25) is 0 Å². The van der Waals surface area contributed by atoms with Crippen molar-refractivity contribution < 1.29 is 25.5 Å². The maximum atomic E-state index is 9.78. The van der Waals surface area contributed by atoms with Gasteiger partial charge in [0.25, 0.3) is 0 Å². The Balaban J connectivity index is 4.36. The van der Waals surface area contributed by atoms with Crippen LogP contribution in [0.2, 0.25) is 0 Å². The number of hydrogen-bond acceptors (Lipinski definition) is 5. The van der Waals surface area contributed by atoms with Crippen LogP contribution in [-0.4, -0.2) is 58.6 Å². The first-order valence-corrected chi connectivity index (χ1v) is 9.20. The Morgan fingerprint density at radius 1 is 0.652 bits per heavy atom. The minimum absolute atomic E-state index is 0.248. The van der Waals surface area contributed by atoms with Gasteiger partial charge in [-0.1, -0.05) is 58.3 Å². The summed E-state index contributed by atoms with van der Waals surface area (Å²) < 4.78 is 0. The maximum absolute atomic E-state index is 9.78. The van der Waals surface area contributed by atoms with E-state index in [1.54, 1.807) is 0 Å². The van der Waals surface area contributed by atoms with Gasteiger partial charge in [0, 0.05) is 31.2 Å². The molecular formula is C18H38O5. The van der Waals surface area contributed by atoms with Gasteiger partial charge in [-0.25, -0.2) is 0 Å². The van der Waals surface area contributed by atoms with Crippen LogP contribution in [0.5, 0.6) is 0 Å². The van der Waals surface area contributed by atoms with Gasteiger partial charge in [0.15, 0.2) is 0 Å². The van der Waals surface area contributed by atoms with Crippen molar-refractivity contribution in [2.45, 2.75) is 64.7 Å². The van der Waals surface area contributed by atoms with Crippen LogP contribution in [0.1, 0.15) is 64.7 Å². The lowest BCUT2D eigenvalue weighted by atomic mass is 9.68. The summed E-state index contributed by atoms with van der Waals surface area (Å²) in [5, 5.41) is 47.9. The summed E-state index contributed by atoms with van der Waals surface area (Å²) in [6.45, 7) is 0.919. The van der Waals surface area contributed by atoms with Crippen molar-refractivity contribution in [1.82, 2.24) is 0 Å². The van der Waals surface area contributed by atoms with E-state index in [1.165, 1.54) is 32.1 Å². The lowest BCUT2D eigenvalue weighted by Gasteiger charge is -2.40. The van der Waals surface area contributed by atoms with E-state index >= 15 is 0 Å². The number of hydrogen-bond donors (Lipinski definition) is 5. The largest absolute Gasteiger partial charge is 0.396 e. The van der Waals surface area contributed by atoms with Gasteiger partial charge >= 0.3 is 0 Å². The third-order valence-corrected chi connectivity index (χ3v) is 5.18. The van der Waals surface area contributed by atoms with Crippen molar-refractivity contribution >= 4 is 0 Å². The normalized spacial score (nSPS) is 13.7. The predicted molar refractivity (Wildman–Crippen MR) is 92.1 cm³/mol. The van der Waals surface area contributed by atoms with E-state index in [1.807, 2.05) is 0 Å². The Hall–Kier alpha value is -0.200. The topological polar surface area (TPSA) is 101 Å². The molecule has 0 aliphatic heterocycles. The average Bonchev–Trinajstić information content (AvgIpc) is 2.59. The molecule has 5 heteroatoms. The van der Waals surface area contributed by atoms with E-state index in [9.17, 15) is 25.5 Å². The first kappa shape index (κ1) is 22.8. The zero-order chi connectivity index (χ0) is 17.6. The Morgan fingerprint density at radius 3 is 1.52 bits per heavy atom. The molecule has 0 radical (unpaired) electrons. The molecule has 0 aromatic heterocycles. The van der Waals surface area contributed by atoms with Crippen molar-refractivity contribution in [1.29, 1.82) is 0 Å². The van der Waals surface area contributed by atoms with Gasteiger partial charge in [-0.15, -0.1) is 0 Å². The lowest BCUT2D eigenvalue weighted by molar-refractivity contribution is -0.0701. The summed E-state index contributed by atoms with van der Waals surface area (Å²) in [5.74, 6) is -1.02. The number of aliphatic hydroxyl groups is 5. The molecule has 23 heavy (non-hydrogen) atoms. The van der Waals surface area contributed by atoms with Crippen LogP contribution >= 0.6 is 0 Å². The average molecular weight is 334 g/mol. The summed E-state index contributed by atoms with van der Waals surface area (Å²) in [7, 11) is 0. The van der Waals surface area contributed by atoms with Crippen LogP contribution in [0.25, 0.3) is 0 Å². The first-order chi connectivity index (χ1) is 11.2. The molecule has 0 spiro atoms. The van der Waals surface area contributed by atoms with Crippen molar-refractivity contribution in [3.05, 3.63) is 0 Å². The van der Waals surface area contributed by atoms with Crippen LogP contribution in [0.4, 0.5) is 0 Å². The molecular weight excluding hydrogens is 296 g/mol. The molecule has 0 heterocycles. The highest BCUT2D eigenvalue weighted by Crippen LogP contribution is 2.37. The summed E-state index contributed by atoms with van der Waals surface area (Å²) in [6.07, 6.45) is 9.94. The fourth-order valence-electron chi connectivity index (χ4n) is 3.39. The lowest BCUT2D eigenvalue weighted by Crippen LogP contribution is -2.45. The van der Waals surface area contributed by atoms with Crippen LogP contribution in [-0.2, 0) is 0 Å². The second-order valence-corrected chi connectivity index (χ2v) is 6.82. The van der Waals surface area contributed by atoms with E-state index in [0.29, 0.717) is 6.42 Å². The summed E-state index contributed by atoms with van der Waals surface area (Å²) in [4.78, 5) is 0. The van der Waals surface area contributed by atoms with Crippen LogP contribution in [0.3, 0.4) is 0 Å². The second kappa shape index (κ2) is 14.2. The van der Waals surface area contributed by atoms with Gasteiger partial charge in [-0.05, 0) is 12.3 Å². The highest BCUT2D eigenvalue weighted by Gasteiger charge is 2.41. The second-order valence-electron chi connectivity index (χ2n) is 6.82. The van der Waals surface area contributed by atoms with E-state index < -0.39 is 17.3 Å². The third-order valence-electron chi connectivity index (χ3n) is 5.18. The smallest absolute Gasteiger partial charge is 0.0513 e. The van der Waals surface area contributed by atoms with Crippen molar-refractivity contribution in [2.24, 2.45) is 17.3 Å². The fraction of sp³-hybridized carbons (Fsp3) is 1.00. The Kier molecular flexibility index (Phi) is 14.0. The van der Waals surface area contributed by atoms with E-state index in [2.05, 4.69) is 6.92 Å². The Bertz CT molecular complexity index is 252. The maximum Gasteiger partial charge on any atom is 0.0513 e. The Labute approximate surface area is 141 Å². The number of unbranched alkanes of at least 4 members (excludes halogenated alkanes) is 7. The number of rotatable bonds is 16.